The molecule has 0 aliphatic heterocycles. The highest BCUT2D eigenvalue weighted by atomic mass is 19.1. The van der Waals surface area contributed by atoms with Crippen LogP contribution < -0.4 is 0 Å². The van der Waals surface area contributed by atoms with E-state index in [2.05, 4.69) is 0 Å². The Hall–Kier alpha value is -2.16. The zero-order chi connectivity index (χ0) is 12.4. The summed E-state index contributed by atoms with van der Waals surface area (Å²) < 4.78 is 13.6. The van der Waals surface area contributed by atoms with Crippen molar-refractivity contribution in [1.82, 2.24) is 0 Å². The Labute approximate surface area is 98.3 Å². The lowest BCUT2D eigenvalue weighted by molar-refractivity contribution is 0.0691. The van der Waals surface area contributed by atoms with Gasteiger partial charge in [0.05, 0.1) is 5.56 Å². The van der Waals surface area contributed by atoms with Crippen LogP contribution in [0.5, 0.6) is 0 Å². The summed E-state index contributed by atoms with van der Waals surface area (Å²) in [5, 5.41) is 8.92. The Morgan fingerprint density at radius 2 is 1.76 bits per heavy atom. The molecule has 1 N–H and O–H groups in total. The molecular formula is C14H11FO2. The molecule has 2 rings (SSSR count). The summed E-state index contributed by atoms with van der Waals surface area (Å²) in [4.78, 5) is 10.9. The quantitative estimate of drug-likeness (QED) is 0.857. The van der Waals surface area contributed by atoms with Crippen LogP contribution in [0.1, 0.15) is 15.9 Å². The fraction of sp³-hybridized carbons (Fsp3) is 0.0714. The van der Waals surface area contributed by atoms with Gasteiger partial charge in [-0.1, -0.05) is 30.3 Å². The molecule has 0 aliphatic rings. The molecule has 0 fully saturated rings. The van der Waals surface area contributed by atoms with Crippen LogP contribution in [0, 0.1) is 12.7 Å². The Morgan fingerprint density at radius 1 is 1.12 bits per heavy atom. The number of halogens is 1. The Bertz CT molecular complexity index is 562. The van der Waals surface area contributed by atoms with Gasteiger partial charge in [0, 0.05) is 0 Å². The van der Waals surface area contributed by atoms with E-state index in [1.165, 1.54) is 6.07 Å². The largest absolute Gasteiger partial charge is 0.478 e. The van der Waals surface area contributed by atoms with Crippen molar-refractivity contribution in [3.63, 3.8) is 0 Å². The zero-order valence-electron chi connectivity index (χ0n) is 9.27. The normalized spacial score (nSPS) is 10.2. The maximum Gasteiger partial charge on any atom is 0.338 e. The molecule has 0 saturated carbocycles. The zero-order valence-corrected chi connectivity index (χ0v) is 9.27. The number of hydrogen-bond donors (Lipinski definition) is 1. The molecule has 0 saturated heterocycles. The van der Waals surface area contributed by atoms with Crippen molar-refractivity contribution < 1.29 is 14.3 Å². The monoisotopic (exact) mass is 230 g/mol. The fourth-order valence-electron chi connectivity index (χ4n) is 1.72. The lowest BCUT2D eigenvalue weighted by Crippen LogP contribution is -2.02. The maximum atomic E-state index is 13.6. The maximum absolute atomic E-state index is 13.6. The second-order valence-electron chi connectivity index (χ2n) is 3.83. The summed E-state index contributed by atoms with van der Waals surface area (Å²) in [5.74, 6) is -1.92. The Kier molecular flexibility index (Phi) is 2.91. The molecule has 2 aromatic rings. The summed E-state index contributed by atoms with van der Waals surface area (Å²) in [7, 11) is 0. The number of aryl methyl sites for hydroxylation is 1. The number of carboxylic acid groups (broad SMARTS) is 1. The van der Waals surface area contributed by atoms with Crippen LogP contribution in [0.2, 0.25) is 0 Å². The molecule has 3 heteroatoms. The highest BCUT2D eigenvalue weighted by Crippen LogP contribution is 2.24. The average Bonchev–Trinajstić information content (AvgIpc) is 2.33. The standard InChI is InChI=1S/C14H11FO2/c1-9-7-11(10-5-3-2-4-6-10)8-12(13(9)15)14(16)17/h2-8H,1H3,(H,16,17). The Morgan fingerprint density at radius 3 is 2.35 bits per heavy atom. The minimum Gasteiger partial charge on any atom is -0.478 e. The van der Waals surface area contributed by atoms with Gasteiger partial charge in [0.15, 0.2) is 0 Å². The molecule has 2 nitrogen and oxygen atoms in total. The van der Waals surface area contributed by atoms with E-state index in [-0.39, 0.29) is 5.56 Å². The molecule has 0 radical (unpaired) electrons. The second kappa shape index (κ2) is 4.37. The van der Waals surface area contributed by atoms with Gasteiger partial charge in [0.2, 0.25) is 0 Å². The molecule has 0 aliphatic carbocycles. The van der Waals surface area contributed by atoms with Gasteiger partial charge >= 0.3 is 5.97 Å². The van der Waals surface area contributed by atoms with Crippen molar-refractivity contribution in [2.24, 2.45) is 0 Å². The smallest absolute Gasteiger partial charge is 0.338 e. The molecular weight excluding hydrogens is 219 g/mol. The first-order chi connectivity index (χ1) is 8.09. The molecule has 86 valence electrons. The first-order valence-electron chi connectivity index (χ1n) is 5.18. The topological polar surface area (TPSA) is 37.3 Å². The van der Waals surface area contributed by atoms with E-state index in [4.69, 9.17) is 5.11 Å². The number of hydrogen-bond acceptors (Lipinski definition) is 1. The van der Waals surface area contributed by atoms with Gasteiger partial charge in [-0.15, -0.1) is 0 Å². The van der Waals surface area contributed by atoms with E-state index in [0.717, 1.165) is 5.56 Å². The second-order valence-corrected chi connectivity index (χ2v) is 3.83. The van der Waals surface area contributed by atoms with Gasteiger partial charge in [0.25, 0.3) is 0 Å². The van der Waals surface area contributed by atoms with Crippen molar-refractivity contribution in [1.29, 1.82) is 0 Å². The van der Waals surface area contributed by atoms with Crippen LogP contribution >= 0.6 is 0 Å². The lowest BCUT2D eigenvalue weighted by atomic mass is 10.00. The fourth-order valence-corrected chi connectivity index (χ4v) is 1.72. The number of carboxylic acids is 1. The third-order valence-electron chi connectivity index (χ3n) is 2.59. The molecule has 0 heterocycles. The third kappa shape index (κ3) is 2.18. The summed E-state index contributed by atoms with van der Waals surface area (Å²) in [6, 6.07) is 12.3. The van der Waals surface area contributed by atoms with E-state index in [0.29, 0.717) is 11.1 Å². The van der Waals surface area contributed by atoms with Crippen molar-refractivity contribution in [2.45, 2.75) is 6.92 Å². The number of benzene rings is 2. The first kappa shape index (κ1) is 11.3. The molecule has 2 aromatic carbocycles. The Balaban J connectivity index is 2.61. The highest BCUT2D eigenvalue weighted by Gasteiger charge is 2.14. The minimum atomic E-state index is -1.25. The van der Waals surface area contributed by atoms with Crippen LogP contribution in [0.25, 0.3) is 11.1 Å². The lowest BCUT2D eigenvalue weighted by Gasteiger charge is -2.07. The van der Waals surface area contributed by atoms with Crippen LogP contribution in [-0.4, -0.2) is 11.1 Å². The molecule has 0 unspecified atom stereocenters. The molecule has 0 aromatic heterocycles. The molecule has 0 spiro atoms. The SMILES string of the molecule is Cc1cc(-c2ccccc2)cc(C(=O)O)c1F. The van der Waals surface area contributed by atoms with Crippen LogP contribution in [0.4, 0.5) is 4.39 Å². The van der Waals surface area contributed by atoms with Crippen LogP contribution in [0.15, 0.2) is 42.5 Å². The van der Waals surface area contributed by atoms with Crippen molar-refractivity contribution >= 4 is 5.97 Å². The third-order valence-corrected chi connectivity index (χ3v) is 2.59. The number of carbonyl (C=O) groups is 1. The summed E-state index contributed by atoms with van der Waals surface area (Å²) in [6.45, 7) is 1.56. The van der Waals surface area contributed by atoms with Gasteiger partial charge in [-0.25, -0.2) is 9.18 Å². The van der Waals surface area contributed by atoms with Gasteiger partial charge in [-0.05, 0) is 35.7 Å². The van der Waals surface area contributed by atoms with Crippen molar-refractivity contribution in [3.05, 3.63) is 59.4 Å². The molecule has 0 bridgehead atoms. The van der Waals surface area contributed by atoms with Crippen molar-refractivity contribution in [2.75, 3.05) is 0 Å². The summed E-state index contributed by atoms with van der Waals surface area (Å²) in [6.07, 6.45) is 0. The van der Waals surface area contributed by atoms with E-state index in [9.17, 15) is 9.18 Å². The van der Waals surface area contributed by atoms with Gasteiger partial charge in [0.1, 0.15) is 5.82 Å². The number of rotatable bonds is 2. The van der Waals surface area contributed by atoms with Crippen LogP contribution in [0.3, 0.4) is 0 Å². The van der Waals surface area contributed by atoms with E-state index in [1.54, 1.807) is 13.0 Å². The van der Waals surface area contributed by atoms with Gasteiger partial charge in [-0.3, -0.25) is 0 Å². The van der Waals surface area contributed by atoms with E-state index < -0.39 is 11.8 Å². The molecule has 0 amide bonds. The predicted molar refractivity (Wildman–Crippen MR) is 63.5 cm³/mol. The van der Waals surface area contributed by atoms with Gasteiger partial charge < -0.3 is 5.11 Å². The van der Waals surface area contributed by atoms with E-state index in [1.807, 2.05) is 30.3 Å². The summed E-state index contributed by atoms with van der Waals surface area (Å²) >= 11 is 0. The van der Waals surface area contributed by atoms with Crippen molar-refractivity contribution in [3.8, 4) is 11.1 Å². The average molecular weight is 230 g/mol. The molecule has 0 atom stereocenters. The highest BCUT2D eigenvalue weighted by molar-refractivity contribution is 5.90. The first-order valence-corrected chi connectivity index (χ1v) is 5.18. The minimum absolute atomic E-state index is 0.288. The van der Waals surface area contributed by atoms with Crippen LogP contribution in [-0.2, 0) is 0 Å². The van der Waals surface area contributed by atoms with E-state index >= 15 is 0 Å². The molecule has 17 heavy (non-hydrogen) atoms. The van der Waals surface area contributed by atoms with Gasteiger partial charge in [-0.2, -0.15) is 0 Å². The summed E-state index contributed by atoms with van der Waals surface area (Å²) in [5.41, 5.74) is 1.63. The number of aromatic carboxylic acids is 1. The predicted octanol–water partition coefficient (Wildman–Crippen LogP) is 3.50.